The van der Waals surface area contributed by atoms with Gasteiger partial charge in [-0.1, -0.05) is 27.7 Å². The predicted molar refractivity (Wildman–Crippen MR) is 96.2 cm³/mol. The van der Waals surface area contributed by atoms with Crippen LogP contribution in [-0.2, 0) is 5.75 Å². The Morgan fingerprint density at radius 1 is 1.08 bits per heavy atom. The molecule has 0 aliphatic rings. The van der Waals surface area contributed by atoms with E-state index in [1.165, 1.54) is 10.7 Å². The van der Waals surface area contributed by atoms with Gasteiger partial charge in [-0.15, -0.1) is 5.10 Å². The Hall–Kier alpha value is -2.86. The van der Waals surface area contributed by atoms with Gasteiger partial charge in [0, 0.05) is 34.0 Å². The number of rotatable bonds is 6. The molecule has 3 rings (SSSR count). The zero-order valence-corrected chi connectivity index (χ0v) is 15.3. The largest absolute Gasteiger partial charge is 0.273 e. The first-order chi connectivity index (χ1) is 12.5. The SMILES string of the molecule is O=[N+]([O-])c1ccc([N+](=O)[O-])c(CSc2nnnn2-c2ccc(Br)cc2)c1. The molecule has 0 unspecified atom stereocenters. The van der Waals surface area contributed by atoms with Crippen molar-refractivity contribution in [2.75, 3.05) is 0 Å². The lowest BCUT2D eigenvalue weighted by Gasteiger charge is -2.05. The number of benzene rings is 2. The molecule has 0 fully saturated rings. The van der Waals surface area contributed by atoms with Crippen LogP contribution in [-0.4, -0.2) is 30.1 Å². The lowest BCUT2D eigenvalue weighted by Crippen LogP contribution is -2.00. The van der Waals surface area contributed by atoms with Crippen LogP contribution >= 0.6 is 27.7 Å². The molecular weight excluding hydrogens is 428 g/mol. The van der Waals surface area contributed by atoms with Gasteiger partial charge in [-0.2, -0.15) is 4.68 Å². The highest BCUT2D eigenvalue weighted by molar-refractivity contribution is 9.10. The maximum atomic E-state index is 11.2. The van der Waals surface area contributed by atoms with E-state index in [0.717, 1.165) is 28.4 Å². The molecule has 3 aromatic rings. The number of halogens is 1. The van der Waals surface area contributed by atoms with Gasteiger partial charge in [-0.05, 0) is 34.7 Å². The first kappa shape index (κ1) is 17.9. The van der Waals surface area contributed by atoms with Gasteiger partial charge in [0.15, 0.2) is 0 Å². The van der Waals surface area contributed by atoms with Crippen LogP contribution in [0.25, 0.3) is 5.69 Å². The Morgan fingerprint density at radius 2 is 1.81 bits per heavy atom. The first-order valence-electron chi connectivity index (χ1n) is 7.04. The predicted octanol–water partition coefficient (Wildman–Crippen LogP) is 3.53. The second kappa shape index (κ2) is 7.58. The Balaban J connectivity index is 1.87. The van der Waals surface area contributed by atoms with Crippen molar-refractivity contribution in [2.24, 2.45) is 0 Å². The van der Waals surface area contributed by atoms with Crippen LogP contribution < -0.4 is 0 Å². The van der Waals surface area contributed by atoms with Gasteiger partial charge in [-0.25, -0.2) is 0 Å². The van der Waals surface area contributed by atoms with Crippen molar-refractivity contribution in [1.82, 2.24) is 20.2 Å². The van der Waals surface area contributed by atoms with E-state index in [2.05, 4.69) is 31.5 Å². The fraction of sp³-hybridized carbons (Fsp3) is 0.0714. The van der Waals surface area contributed by atoms with Crippen molar-refractivity contribution in [3.63, 3.8) is 0 Å². The van der Waals surface area contributed by atoms with Crippen LogP contribution in [0.4, 0.5) is 11.4 Å². The zero-order chi connectivity index (χ0) is 18.7. The summed E-state index contributed by atoms with van der Waals surface area (Å²) >= 11 is 4.49. The van der Waals surface area contributed by atoms with E-state index in [1.807, 2.05) is 12.1 Å². The summed E-state index contributed by atoms with van der Waals surface area (Å²) in [5.41, 5.74) is 0.540. The van der Waals surface area contributed by atoms with Gasteiger partial charge in [-0.3, -0.25) is 20.2 Å². The summed E-state index contributed by atoms with van der Waals surface area (Å²) < 4.78 is 2.39. The van der Waals surface area contributed by atoms with Crippen molar-refractivity contribution in [3.05, 3.63) is 72.7 Å². The molecule has 0 saturated carbocycles. The molecule has 10 nitrogen and oxygen atoms in total. The third-order valence-corrected chi connectivity index (χ3v) is 4.84. The molecule has 132 valence electrons. The van der Waals surface area contributed by atoms with E-state index in [1.54, 1.807) is 12.1 Å². The fourth-order valence-electron chi connectivity index (χ4n) is 2.13. The minimum absolute atomic E-state index is 0.106. The minimum atomic E-state index is -0.593. The molecule has 12 heteroatoms. The molecule has 0 aliphatic heterocycles. The van der Waals surface area contributed by atoms with E-state index < -0.39 is 9.85 Å². The molecule has 0 atom stereocenters. The molecule has 0 saturated heterocycles. The summed E-state index contributed by atoms with van der Waals surface area (Å²) in [6.07, 6.45) is 0. The average molecular weight is 437 g/mol. The number of thioether (sulfide) groups is 1. The minimum Gasteiger partial charge on any atom is -0.258 e. The van der Waals surface area contributed by atoms with Gasteiger partial charge >= 0.3 is 0 Å². The summed E-state index contributed by atoms with van der Waals surface area (Å²) in [5.74, 6) is 0.106. The number of nitrogens with zero attached hydrogens (tertiary/aromatic N) is 6. The second-order valence-electron chi connectivity index (χ2n) is 4.97. The Labute approximate surface area is 158 Å². The van der Waals surface area contributed by atoms with E-state index in [-0.39, 0.29) is 22.7 Å². The Morgan fingerprint density at radius 3 is 2.46 bits per heavy atom. The molecule has 2 aromatic carbocycles. The lowest BCUT2D eigenvalue weighted by atomic mass is 10.2. The number of hydrogen-bond donors (Lipinski definition) is 0. The maximum absolute atomic E-state index is 11.2. The summed E-state index contributed by atoms with van der Waals surface area (Å²) in [5, 5.41) is 33.9. The van der Waals surface area contributed by atoms with Crippen LogP contribution in [0.3, 0.4) is 0 Å². The van der Waals surface area contributed by atoms with Crippen LogP contribution in [0.1, 0.15) is 5.56 Å². The van der Waals surface area contributed by atoms with Crippen molar-refractivity contribution in [3.8, 4) is 5.69 Å². The maximum Gasteiger partial charge on any atom is 0.273 e. The molecule has 0 amide bonds. The van der Waals surface area contributed by atoms with Crippen molar-refractivity contribution in [1.29, 1.82) is 0 Å². The number of nitro groups is 2. The standard InChI is InChI=1S/C14H9BrN6O4S/c15-10-1-3-11(4-2-10)19-14(16-17-18-19)26-8-9-7-12(20(22)23)5-6-13(9)21(24)25/h1-7H,8H2. The zero-order valence-electron chi connectivity index (χ0n) is 12.9. The van der Waals surface area contributed by atoms with Gasteiger partial charge < -0.3 is 0 Å². The topological polar surface area (TPSA) is 130 Å². The van der Waals surface area contributed by atoms with E-state index >= 15 is 0 Å². The van der Waals surface area contributed by atoms with Crippen LogP contribution in [0.5, 0.6) is 0 Å². The normalized spacial score (nSPS) is 10.7. The highest BCUT2D eigenvalue weighted by Gasteiger charge is 2.20. The Kier molecular flexibility index (Phi) is 5.23. The number of aromatic nitrogens is 4. The first-order valence-corrected chi connectivity index (χ1v) is 8.82. The summed E-state index contributed by atoms with van der Waals surface area (Å²) in [6.45, 7) is 0. The Bertz CT molecular complexity index is 978. The van der Waals surface area contributed by atoms with E-state index in [4.69, 9.17) is 0 Å². The molecular formula is C14H9BrN6O4S. The van der Waals surface area contributed by atoms with Crippen LogP contribution in [0, 0.1) is 20.2 Å². The average Bonchev–Trinajstić information content (AvgIpc) is 3.08. The molecule has 26 heavy (non-hydrogen) atoms. The third-order valence-electron chi connectivity index (χ3n) is 3.34. The molecule has 0 aliphatic carbocycles. The van der Waals surface area contributed by atoms with E-state index in [0.29, 0.717) is 10.8 Å². The van der Waals surface area contributed by atoms with Crippen molar-refractivity contribution < 1.29 is 9.85 Å². The van der Waals surface area contributed by atoms with Gasteiger partial charge in [0.05, 0.1) is 15.5 Å². The molecule has 1 heterocycles. The van der Waals surface area contributed by atoms with Gasteiger partial charge in [0.2, 0.25) is 5.16 Å². The third kappa shape index (κ3) is 3.86. The number of non-ortho nitro benzene ring substituents is 1. The highest BCUT2D eigenvalue weighted by Crippen LogP contribution is 2.30. The molecule has 0 spiro atoms. The smallest absolute Gasteiger partial charge is 0.258 e. The highest BCUT2D eigenvalue weighted by atomic mass is 79.9. The second-order valence-corrected chi connectivity index (χ2v) is 6.82. The number of nitro benzene ring substituents is 2. The number of hydrogen-bond acceptors (Lipinski definition) is 8. The van der Waals surface area contributed by atoms with Crippen LogP contribution in [0.15, 0.2) is 52.1 Å². The summed E-state index contributed by atoms with van der Waals surface area (Å²) in [6, 6.07) is 10.7. The monoisotopic (exact) mass is 436 g/mol. The van der Waals surface area contributed by atoms with Crippen molar-refractivity contribution in [2.45, 2.75) is 10.9 Å². The number of tetrazole rings is 1. The molecule has 1 aromatic heterocycles. The van der Waals surface area contributed by atoms with Crippen molar-refractivity contribution >= 4 is 39.1 Å². The van der Waals surface area contributed by atoms with Gasteiger partial charge in [0.1, 0.15) is 0 Å². The molecule has 0 radical (unpaired) electrons. The van der Waals surface area contributed by atoms with Gasteiger partial charge in [0.25, 0.3) is 11.4 Å². The molecule has 0 bridgehead atoms. The van der Waals surface area contributed by atoms with E-state index in [9.17, 15) is 20.2 Å². The molecule has 0 N–H and O–H groups in total. The lowest BCUT2D eigenvalue weighted by molar-refractivity contribution is -0.389. The van der Waals surface area contributed by atoms with Crippen LogP contribution in [0.2, 0.25) is 0 Å². The quantitative estimate of drug-likeness (QED) is 0.325. The summed E-state index contributed by atoms with van der Waals surface area (Å²) in [7, 11) is 0. The fourth-order valence-corrected chi connectivity index (χ4v) is 3.27. The summed E-state index contributed by atoms with van der Waals surface area (Å²) in [4.78, 5) is 20.9.